The van der Waals surface area contributed by atoms with Crippen molar-refractivity contribution in [2.24, 2.45) is 0 Å². The quantitative estimate of drug-likeness (QED) is 0.470. The van der Waals surface area contributed by atoms with Crippen molar-refractivity contribution in [2.75, 3.05) is 41.0 Å². The lowest BCUT2D eigenvalue weighted by atomic mass is 9.97. The lowest BCUT2D eigenvalue weighted by Crippen LogP contribution is -2.40. The standard InChI is InChI=1S/C28H30N2O6/c1-33-23-17-22(18-24(34-2)27(23)35-3)28(32)36-29-15-10-16-30(25(31)19-29)26(20-11-6-4-7-12-20)21-13-8-5-9-14-21/h4-9,11-14,17-18,26H,10,15-16,19H2,1-3H3. The Morgan fingerprint density at radius 2 is 1.36 bits per heavy atom. The van der Waals surface area contributed by atoms with Crippen LogP contribution in [0.15, 0.2) is 72.8 Å². The summed E-state index contributed by atoms with van der Waals surface area (Å²) in [4.78, 5) is 33.9. The number of benzene rings is 3. The molecule has 0 N–H and O–H groups in total. The Morgan fingerprint density at radius 1 is 0.806 bits per heavy atom. The van der Waals surface area contributed by atoms with Crippen molar-refractivity contribution < 1.29 is 28.6 Å². The summed E-state index contributed by atoms with van der Waals surface area (Å²) in [6, 6.07) is 22.7. The monoisotopic (exact) mass is 490 g/mol. The first-order valence-electron chi connectivity index (χ1n) is 11.7. The molecule has 8 heteroatoms. The van der Waals surface area contributed by atoms with Gasteiger partial charge in [0.15, 0.2) is 11.5 Å². The first kappa shape index (κ1) is 25.1. The van der Waals surface area contributed by atoms with Gasteiger partial charge in [0.05, 0.1) is 32.9 Å². The summed E-state index contributed by atoms with van der Waals surface area (Å²) in [6.07, 6.45) is 0.643. The number of carbonyl (C=O) groups excluding carboxylic acids is 2. The normalized spacial score (nSPS) is 14.3. The molecule has 0 bridgehead atoms. The van der Waals surface area contributed by atoms with Crippen LogP contribution in [0, 0.1) is 0 Å². The van der Waals surface area contributed by atoms with Gasteiger partial charge in [-0.3, -0.25) is 4.79 Å². The van der Waals surface area contributed by atoms with E-state index in [4.69, 9.17) is 19.0 Å². The highest BCUT2D eigenvalue weighted by molar-refractivity contribution is 5.91. The molecule has 3 aromatic rings. The number of carbonyl (C=O) groups is 2. The van der Waals surface area contributed by atoms with E-state index in [1.165, 1.54) is 38.5 Å². The van der Waals surface area contributed by atoms with Gasteiger partial charge < -0.3 is 23.9 Å². The average Bonchev–Trinajstić information content (AvgIpc) is 3.09. The predicted octanol–water partition coefficient (Wildman–Crippen LogP) is 4.11. The van der Waals surface area contributed by atoms with Gasteiger partial charge in [0.2, 0.25) is 11.7 Å². The number of nitrogens with zero attached hydrogens (tertiary/aromatic N) is 2. The molecular weight excluding hydrogens is 460 g/mol. The Labute approximate surface area is 210 Å². The SMILES string of the molecule is COc1cc(C(=O)ON2CCCN(C(c3ccccc3)c3ccccc3)C(=O)C2)cc(OC)c1OC. The molecular formula is C28H30N2O6. The molecule has 8 nitrogen and oxygen atoms in total. The minimum atomic E-state index is -0.613. The van der Waals surface area contributed by atoms with Gasteiger partial charge in [-0.15, -0.1) is 5.06 Å². The summed E-state index contributed by atoms with van der Waals surface area (Å²) in [6.45, 7) is 0.909. The number of amides is 1. The van der Waals surface area contributed by atoms with Crippen LogP contribution >= 0.6 is 0 Å². The third-order valence-corrected chi connectivity index (χ3v) is 6.09. The molecule has 0 radical (unpaired) electrons. The van der Waals surface area contributed by atoms with Crippen molar-refractivity contribution >= 4 is 11.9 Å². The van der Waals surface area contributed by atoms with E-state index in [1.54, 1.807) is 0 Å². The van der Waals surface area contributed by atoms with Crippen molar-refractivity contribution in [3.8, 4) is 17.2 Å². The van der Waals surface area contributed by atoms with Gasteiger partial charge >= 0.3 is 5.97 Å². The number of rotatable bonds is 8. The molecule has 4 rings (SSSR count). The third kappa shape index (κ3) is 5.44. The molecule has 1 fully saturated rings. The molecule has 0 atom stereocenters. The van der Waals surface area contributed by atoms with Gasteiger partial charge in [-0.25, -0.2) is 4.79 Å². The number of hydrogen-bond donors (Lipinski definition) is 0. The van der Waals surface area contributed by atoms with Crippen LogP contribution in [0.4, 0.5) is 0 Å². The largest absolute Gasteiger partial charge is 0.493 e. The lowest BCUT2D eigenvalue weighted by Gasteiger charge is -2.31. The zero-order valence-electron chi connectivity index (χ0n) is 20.7. The molecule has 1 amide bonds. The summed E-state index contributed by atoms with van der Waals surface area (Å²) in [5.41, 5.74) is 2.28. The Bertz CT molecular complexity index is 1120. The van der Waals surface area contributed by atoms with Gasteiger partial charge in [-0.2, -0.15) is 0 Å². The average molecular weight is 491 g/mol. The smallest absolute Gasteiger partial charge is 0.357 e. The minimum Gasteiger partial charge on any atom is -0.493 e. The van der Waals surface area contributed by atoms with Crippen LogP contribution in [0.25, 0.3) is 0 Å². The van der Waals surface area contributed by atoms with Crippen LogP contribution in [0.3, 0.4) is 0 Å². The van der Waals surface area contributed by atoms with E-state index in [0.29, 0.717) is 36.8 Å². The third-order valence-electron chi connectivity index (χ3n) is 6.09. The lowest BCUT2D eigenvalue weighted by molar-refractivity contribution is -0.145. The summed E-state index contributed by atoms with van der Waals surface area (Å²) < 4.78 is 16.0. The molecule has 0 unspecified atom stereocenters. The van der Waals surface area contributed by atoms with Crippen molar-refractivity contribution in [1.82, 2.24) is 9.96 Å². The van der Waals surface area contributed by atoms with Crippen molar-refractivity contribution in [1.29, 1.82) is 0 Å². The van der Waals surface area contributed by atoms with Gasteiger partial charge in [0, 0.05) is 13.1 Å². The van der Waals surface area contributed by atoms with E-state index >= 15 is 0 Å². The maximum atomic E-state index is 13.5. The first-order chi connectivity index (χ1) is 17.5. The van der Waals surface area contributed by atoms with Crippen LogP contribution in [-0.2, 0) is 9.63 Å². The van der Waals surface area contributed by atoms with Crippen LogP contribution < -0.4 is 14.2 Å². The molecule has 0 spiro atoms. The highest BCUT2D eigenvalue weighted by atomic mass is 16.7. The molecule has 0 saturated carbocycles. The molecule has 0 aliphatic carbocycles. The van der Waals surface area contributed by atoms with E-state index in [2.05, 4.69) is 0 Å². The summed E-state index contributed by atoms with van der Waals surface area (Å²) in [5, 5.41) is 1.42. The van der Waals surface area contributed by atoms with Gasteiger partial charge in [-0.1, -0.05) is 60.7 Å². The number of hydrogen-bond acceptors (Lipinski definition) is 7. The Kier molecular flexibility index (Phi) is 8.07. The fourth-order valence-electron chi connectivity index (χ4n) is 4.41. The second-order valence-corrected chi connectivity index (χ2v) is 8.32. The summed E-state index contributed by atoms with van der Waals surface area (Å²) >= 11 is 0. The summed E-state index contributed by atoms with van der Waals surface area (Å²) in [7, 11) is 4.44. The van der Waals surface area contributed by atoms with Gasteiger partial charge in [-0.05, 0) is 29.7 Å². The van der Waals surface area contributed by atoms with Gasteiger partial charge in [0.25, 0.3) is 0 Å². The van der Waals surface area contributed by atoms with Crippen molar-refractivity contribution in [2.45, 2.75) is 12.5 Å². The van der Waals surface area contributed by atoms with E-state index in [1.807, 2.05) is 65.6 Å². The molecule has 188 valence electrons. The second-order valence-electron chi connectivity index (χ2n) is 8.32. The zero-order chi connectivity index (χ0) is 25.5. The molecule has 36 heavy (non-hydrogen) atoms. The fraction of sp³-hybridized carbons (Fsp3) is 0.286. The Balaban J connectivity index is 1.54. The fourth-order valence-corrected chi connectivity index (χ4v) is 4.41. The molecule has 0 aromatic heterocycles. The second kappa shape index (κ2) is 11.6. The first-order valence-corrected chi connectivity index (χ1v) is 11.7. The predicted molar refractivity (Wildman–Crippen MR) is 134 cm³/mol. The molecule has 1 saturated heterocycles. The maximum Gasteiger partial charge on any atom is 0.357 e. The summed E-state index contributed by atoms with van der Waals surface area (Å²) in [5.74, 6) is 0.331. The highest BCUT2D eigenvalue weighted by Crippen LogP contribution is 2.38. The minimum absolute atomic E-state index is 0.0493. The van der Waals surface area contributed by atoms with Crippen LogP contribution in [-0.4, -0.2) is 62.8 Å². The molecule has 1 heterocycles. The van der Waals surface area contributed by atoms with E-state index in [9.17, 15) is 9.59 Å². The van der Waals surface area contributed by atoms with E-state index < -0.39 is 5.97 Å². The Hall–Kier alpha value is -4.04. The number of hydroxylamine groups is 2. The van der Waals surface area contributed by atoms with Crippen LogP contribution in [0.5, 0.6) is 17.2 Å². The van der Waals surface area contributed by atoms with E-state index in [0.717, 1.165) is 11.1 Å². The highest BCUT2D eigenvalue weighted by Gasteiger charge is 2.31. The topological polar surface area (TPSA) is 77.5 Å². The molecule has 1 aliphatic rings. The number of methoxy groups -OCH3 is 3. The maximum absolute atomic E-state index is 13.5. The van der Waals surface area contributed by atoms with E-state index in [-0.39, 0.29) is 24.1 Å². The number of ether oxygens (including phenoxy) is 3. The van der Waals surface area contributed by atoms with Crippen molar-refractivity contribution in [3.05, 3.63) is 89.5 Å². The molecule has 1 aliphatic heterocycles. The van der Waals surface area contributed by atoms with Gasteiger partial charge in [0.1, 0.15) is 6.54 Å². The molecule has 3 aromatic carbocycles. The van der Waals surface area contributed by atoms with Crippen LogP contribution in [0.1, 0.15) is 33.9 Å². The van der Waals surface area contributed by atoms with Crippen molar-refractivity contribution in [3.63, 3.8) is 0 Å². The zero-order valence-corrected chi connectivity index (χ0v) is 20.7. The Morgan fingerprint density at radius 3 is 1.86 bits per heavy atom. The van der Waals surface area contributed by atoms with Crippen LogP contribution in [0.2, 0.25) is 0 Å².